The van der Waals surface area contributed by atoms with E-state index in [1.54, 1.807) is 0 Å². The van der Waals surface area contributed by atoms with Crippen LogP contribution in [0.2, 0.25) is 0 Å². The van der Waals surface area contributed by atoms with Crippen LogP contribution in [0.5, 0.6) is 0 Å². The van der Waals surface area contributed by atoms with Crippen LogP contribution in [0.25, 0.3) is 0 Å². The number of hydrogen-bond donors (Lipinski definition) is 4. The molecule has 8 heteroatoms. The van der Waals surface area contributed by atoms with E-state index in [0.29, 0.717) is 12.8 Å². The number of nitrogens with two attached hydrogens (primary N) is 1. The number of carboxylic acid groups (broad SMARTS) is 1. The number of hydrogen-bond acceptors (Lipinski definition) is 5. The number of rotatable bonds is 5. The van der Waals surface area contributed by atoms with E-state index in [-0.39, 0.29) is 32.1 Å². The van der Waals surface area contributed by atoms with Gasteiger partial charge in [0, 0.05) is 7.85 Å². The fourth-order valence-electron chi connectivity index (χ4n) is 3.50. The molecule has 5 N–H and O–H groups in total. The predicted octanol–water partition coefficient (Wildman–Crippen LogP) is 1.47. The minimum atomic E-state index is -0.986. The second-order valence-electron chi connectivity index (χ2n) is 6.72. The quantitative estimate of drug-likeness (QED) is 0.303. The third kappa shape index (κ3) is 5.63. The van der Waals surface area contributed by atoms with E-state index < -0.39 is 18.1 Å². The van der Waals surface area contributed by atoms with E-state index >= 15 is 0 Å². The highest BCUT2D eigenvalue weighted by atomic mass is 127. The summed E-state index contributed by atoms with van der Waals surface area (Å²) < 4.78 is 6.47. The maximum absolute atomic E-state index is 10.8. The van der Waals surface area contributed by atoms with Gasteiger partial charge in [0.1, 0.15) is 6.04 Å². The van der Waals surface area contributed by atoms with Crippen LogP contribution >= 0.6 is 45.2 Å². The third-order valence-corrected chi connectivity index (χ3v) is 7.34. The van der Waals surface area contributed by atoms with Gasteiger partial charge in [0.05, 0.1) is 24.4 Å². The van der Waals surface area contributed by atoms with Crippen molar-refractivity contribution in [3.63, 3.8) is 0 Å². The summed E-state index contributed by atoms with van der Waals surface area (Å²) in [7, 11) is 0. The molecule has 0 saturated heterocycles. The molecule has 0 aliphatic heterocycles. The summed E-state index contributed by atoms with van der Waals surface area (Å²) in [5, 5.41) is 29.2. The molecule has 0 aromatic carbocycles. The molecule has 0 heterocycles. The standard InChI is InChI=1S/C15H25I2NO5/c16-9-5-8(6-10(17)14(9)20)23-13-2-1-7(4-12(13)19)3-11(18)15(21)22/h7-14,19-20H,1-6,18H2,(H,21,22). The van der Waals surface area contributed by atoms with Crippen molar-refractivity contribution in [2.45, 2.75) is 76.8 Å². The number of halogens is 2. The monoisotopic (exact) mass is 553 g/mol. The van der Waals surface area contributed by atoms with Gasteiger partial charge in [-0.2, -0.15) is 0 Å². The van der Waals surface area contributed by atoms with E-state index in [4.69, 9.17) is 15.6 Å². The lowest BCUT2D eigenvalue weighted by atomic mass is 9.81. The lowest BCUT2D eigenvalue weighted by Gasteiger charge is -2.39. The van der Waals surface area contributed by atoms with E-state index in [1.807, 2.05) is 0 Å². The van der Waals surface area contributed by atoms with Crippen molar-refractivity contribution in [1.29, 1.82) is 0 Å². The van der Waals surface area contributed by atoms with Crippen molar-refractivity contribution >= 4 is 51.2 Å². The topological polar surface area (TPSA) is 113 Å². The van der Waals surface area contributed by atoms with Crippen LogP contribution in [-0.2, 0) is 9.53 Å². The molecule has 6 nitrogen and oxygen atoms in total. The average Bonchev–Trinajstić information content (AvgIpc) is 2.47. The molecular formula is C15H25I2NO5. The number of aliphatic hydroxyl groups is 2. The Hall–Kier alpha value is 0.770. The average molecular weight is 553 g/mol. The Morgan fingerprint density at radius 2 is 1.78 bits per heavy atom. The summed E-state index contributed by atoms with van der Waals surface area (Å²) in [4.78, 5) is 10.8. The summed E-state index contributed by atoms with van der Waals surface area (Å²) in [5.41, 5.74) is 5.58. The number of aliphatic carboxylic acids is 1. The molecule has 2 aliphatic carbocycles. The van der Waals surface area contributed by atoms with Crippen molar-refractivity contribution in [3.8, 4) is 0 Å². The van der Waals surface area contributed by atoms with Gasteiger partial charge < -0.3 is 25.8 Å². The van der Waals surface area contributed by atoms with Gasteiger partial charge in [-0.15, -0.1) is 0 Å². The maximum Gasteiger partial charge on any atom is 0.320 e. The summed E-state index contributed by atoms with van der Waals surface area (Å²) in [6.45, 7) is 0. The minimum Gasteiger partial charge on any atom is -0.480 e. The van der Waals surface area contributed by atoms with Crippen LogP contribution < -0.4 is 5.73 Å². The second-order valence-corrected chi connectivity index (χ2v) is 9.92. The first-order valence-corrected chi connectivity index (χ1v) is 10.5. The van der Waals surface area contributed by atoms with Gasteiger partial charge in [-0.25, -0.2) is 0 Å². The first-order chi connectivity index (χ1) is 10.8. The second kappa shape index (κ2) is 8.93. The molecule has 134 valence electrons. The van der Waals surface area contributed by atoms with Gasteiger partial charge in [-0.1, -0.05) is 45.2 Å². The Bertz CT molecular complexity index is 401. The Morgan fingerprint density at radius 1 is 1.17 bits per heavy atom. The molecule has 0 bridgehead atoms. The number of carbonyl (C=O) groups is 1. The van der Waals surface area contributed by atoms with Crippen LogP contribution in [0.1, 0.15) is 38.5 Å². The van der Waals surface area contributed by atoms with E-state index in [2.05, 4.69) is 45.2 Å². The maximum atomic E-state index is 10.8. The summed E-state index contributed by atoms with van der Waals surface area (Å²) in [6.07, 6.45) is 3.13. The first-order valence-electron chi connectivity index (χ1n) is 8.06. The highest BCUT2D eigenvalue weighted by molar-refractivity contribution is 14.1. The fourth-order valence-corrected chi connectivity index (χ4v) is 6.43. The molecule has 2 rings (SSSR count). The zero-order valence-electron chi connectivity index (χ0n) is 12.9. The number of aliphatic hydroxyl groups excluding tert-OH is 2. The van der Waals surface area contributed by atoms with Crippen molar-refractivity contribution in [2.75, 3.05) is 0 Å². The molecule has 2 saturated carbocycles. The van der Waals surface area contributed by atoms with Crippen molar-refractivity contribution in [1.82, 2.24) is 0 Å². The first kappa shape index (κ1) is 20.1. The molecule has 23 heavy (non-hydrogen) atoms. The molecule has 2 fully saturated rings. The molecule has 2 aliphatic rings. The normalized spacial score (nSPS) is 43.1. The molecule has 0 aromatic rings. The third-order valence-electron chi connectivity index (χ3n) is 4.85. The fraction of sp³-hybridized carbons (Fsp3) is 0.933. The number of carboxylic acids is 1. The van der Waals surface area contributed by atoms with Gasteiger partial charge in [-0.05, 0) is 44.4 Å². The van der Waals surface area contributed by atoms with Crippen molar-refractivity contribution in [3.05, 3.63) is 0 Å². The minimum absolute atomic E-state index is 0.0691. The molecule has 0 aromatic heterocycles. The van der Waals surface area contributed by atoms with Crippen LogP contribution in [-0.4, -0.2) is 59.6 Å². The van der Waals surface area contributed by atoms with Crippen LogP contribution in [0.4, 0.5) is 0 Å². The zero-order valence-corrected chi connectivity index (χ0v) is 17.2. The lowest BCUT2D eigenvalue weighted by Crippen LogP contribution is -2.46. The lowest BCUT2D eigenvalue weighted by molar-refractivity contribution is -0.139. The van der Waals surface area contributed by atoms with E-state index in [1.165, 1.54) is 0 Å². The van der Waals surface area contributed by atoms with E-state index in [9.17, 15) is 15.0 Å². The number of alkyl halides is 2. The van der Waals surface area contributed by atoms with E-state index in [0.717, 1.165) is 25.7 Å². The Labute approximate surface area is 163 Å². The summed E-state index contributed by atoms with van der Waals surface area (Å²) >= 11 is 4.54. The van der Waals surface area contributed by atoms with Crippen LogP contribution in [0, 0.1) is 5.92 Å². The van der Waals surface area contributed by atoms with Crippen LogP contribution in [0.3, 0.4) is 0 Å². The van der Waals surface area contributed by atoms with Gasteiger partial charge in [0.2, 0.25) is 0 Å². The van der Waals surface area contributed by atoms with Gasteiger partial charge >= 0.3 is 5.97 Å². The van der Waals surface area contributed by atoms with Gasteiger partial charge in [0.15, 0.2) is 0 Å². The SMILES string of the molecule is NC(CC1CCC(OC2CC(I)C(O)C(I)C2)C(O)C1)C(=O)O. The molecule has 0 radical (unpaired) electrons. The zero-order chi connectivity index (χ0) is 17.1. The molecule has 0 amide bonds. The summed E-state index contributed by atoms with van der Waals surface area (Å²) in [6, 6.07) is -0.857. The molecule has 6 atom stereocenters. The largest absolute Gasteiger partial charge is 0.480 e. The molecular weight excluding hydrogens is 528 g/mol. The molecule has 6 unspecified atom stereocenters. The van der Waals surface area contributed by atoms with Crippen molar-refractivity contribution in [2.24, 2.45) is 11.7 Å². The van der Waals surface area contributed by atoms with Crippen LogP contribution in [0.15, 0.2) is 0 Å². The smallest absolute Gasteiger partial charge is 0.320 e. The highest BCUT2D eigenvalue weighted by Crippen LogP contribution is 2.36. The van der Waals surface area contributed by atoms with Crippen molar-refractivity contribution < 1.29 is 24.9 Å². The Balaban J connectivity index is 1.81. The van der Waals surface area contributed by atoms with Gasteiger partial charge in [-0.3, -0.25) is 4.79 Å². The summed E-state index contributed by atoms with van der Waals surface area (Å²) in [5.74, 6) is -0.849. The molecule has 0 spiro atoms. The number of ether oxygens (including phenoxy) is 1. The Kier molecular flexibility index (Phi) is 7.80. The predicted molar refractivity (Wildman–Crippen MR) is 103 cm³/mol. The highest BCUT2D eigenvalue weighted by Gasteiger charge is 2.38. The van der Waals surface area contributed by atoms with Gasteiger partial charge in [0.25, 0.3) is 0 Å². The Morgan fingerprint density at radius 3 is 2.30 bits per heavy atom.